The van der Waals surface area contributed by atoms with Gasteiger partial charge in [-0.15, -0.1) is 0 Å². The third kappa shape index (κ3) is 1.55. The molecule has 0 N–H and O–H groups in total. The van der Waals surface area contributed by atoms with Crippen molar-refractivity contribution >= 4 is 11.8 Å². The first-order valence-corrected chi connectivity index (χ1v) is 5.21. The highest BCUT2D eigenvalue weighted by Crippen LogP contribution is 2.23. The summed E-state index contributed by atoms with van der Waals surface area (Å²) in [5.41, 5.74) is 0.792. The lowest BCUT2D eigenvalue weighted by atomic mass is 10.1. The van der Waals surface area contributed by atoms with E-state index in [-0.39, 0.29) is 17.6 Å². The maximum atomic E-state index is 12.0. The molecule has 1 aliphatic heterocycles. The van der Waals surface area contributed by atoms with E-state index in [4.69, 9.17) is 0 Å². The van der Waals surface area contributed by atoms with E-state index >= 15 is 0 Å². The van der Waals surface area contributed by atoms with Crippen LogP contribution in [-0.2, 0) is 0 Å². The van der Waals surface area contributed by atoms with Crippen molar-refractivity contribution in [1.29, 1.82) is 0 Å². The summed E-state index contributed by atoms with van der Waals surface area (Å²) in [5.74, 6) is -0.466. The first kappa shape index (κ1) is 10.5. The average molecular weight is 239 g/mol. The van der Waals surface area contributed by atoms with Crippen molar-refractivity contribution in [3.8, 4) is 0 Å². The minimum atomic E-state index is -0.365. The fraction of sp³-hybridized carbons (Fsp3) is 0. The molecule has 18 heavy (non-hydrogen) atoms. The van der Waals surface area contributed by atoms with Crippen molar-refractivity contribution in [2.75, 3.05) is 0 Å². The molecule has 87 valence electrons. The molecule has 0 saturated heterocycles. The molecule has 0 bridgehead atoms. The first-order chi connectivity index (χ1) is 8.77. The molecular formula is C12H7N4O2. The number of rotatable bonds is 2. The Morgan fingerprint density at radius 2 is 1.50 bits per heavy atom. The second kappa shape index (κ2) is 3.99. The molecular weight excluding hydrogens is 232 g/mol. The maximum Gasteiger partial charge on any atom is 0.262 e. The van der Waals surface area contributed by atoms with Gasteiger partial charge >= 0.3 is 0 Å². The molecule has 0 fully saturated rings. The highest BCUT2D eigenvalue weighted by Gasteiger charge is 2.35. The normalized spacial score (nSPS) is 13.9. The van der Waals surface area contributed by atoms with Gasteiger partial charge in [-0.1, -0.05) is 12.1 Å². The van der Waals surface area contributed by atoms with E-state index in [1.807, 2.05) is 0 Å². The first-order valence-electron chi connectivity index (χ1n) is 5.21. The number of imide groups is 1. The highest BCUT2D eigenvalue weighted by atomic mass is 16.2. The SMILES string of the molecule is O=C1c2ccccc2C(=O)N1[CH]c1ncncn1. The summed E-state index contributed by atoms with van der Waals surface area (Å²) >= 11 is 0. The summed E-state index contributed by atoms with van der Waals surface area (Å²) in [4.78, 5) is 36.4. The summed E-state index contributed by atoms with van der Waals surface area (Å²) in [5, 5.41) is 0. The van der Waals surface area contributed by atoms with Crippen LogP contribution in [0.1, 0.15) is 26.5 Å². The number of benzene rings is 1. The third-order valence-electron chi connectivity index (χ3n) is 2.58. The Hall–Kier alpha value is -2.63. The van der Waals surface area contributed by atoms with Crippen molar-refractivity contribution in [2.24, 2.45) is 0 Å². The lowest BCUT2D eigenvalue weighted by Crippen LogP contribution is -2.28. The molecule has 1 aliphatic rings. The molecule has 0 spiro atoms. The van der Waals surface area contributed by atoms with Gasteiger partial charge in [-0.3, -0.25) is 14.5 Å². The standard InChI is InChI=1S/C12H7N4O2/c17-11-8-3-1-2-4-9(8)12(18)16(11)5-10-14-6-13-7-15-10/h1-7H. The quantitative estimate of drug-likeness (QED) is 0.720. The van der Waals surface area contributed by atoms with E-state index in [1.54, 1.807) is 24.3 Å². The molecule has 0 saturated carbocycles. The number of hydrogen-bond donors (Lipinski definition) is 0. The Balaban J connectivity index is 1.93. The molecule has 1 aromatic heterocycles. The number of amides is 2. The zero-order chi connectivity index (χ0) is 12.5. The van der Waals surface area contributed by atoms with E-state index in [0.717, 1.165) is 4.90 Å². The lowest BCUT2D eigenvalue weighted by molar-refractivity contribution is 0.0700. The van der Waals surface area contributed by atoms with E-state index < -0.39 is 0 Å². The van der Waals surface area contributed by atoms with Crippen LogP contribution in [0.15, 0.2) is 36.9 Å². The average Bonchev–Trinajstić information content (AvgIpc) is 2.66. The second-order valence-electron chi connectivity index (χ2n) is 3.65. The van der Waals surface area contributed by atoms with Gasteiger partial charge in [0.2, 0.25) is 0 Å². The van der Waals surface area contributed by atoms with Gasteiger partial charge in [0.15, 0.2) is 5.82 Å². The van der Waals surface area contributed by atoms with Gasteiger partial charge in [0.05, 0.1) is 11.1 Å². The monoisotopic (exact) mass is 239 g/mol. The minimum Gasteiger partial charge on any atom is -0.269 e. The summed E-state index contributed by atoms with van der Waals surface area (Å²) in [7, 11) is 0. The predicted molar refractivity (Wildman–Crippen MR) is 60.2 cm³/mol. The number of carbonyl (C=O) groups is 2. The molecule has 0 atom stereocenters. The lowest BCUT2D eigenvalue weighted by Gasteiger charge is -2.10. The van der Waals surface area contributed by atoms with E-state index in [0.29, 0.717) is 11.1 Å². The smallest absolute Gasteiger partial charge is 0.262 e. The van der Waals surface area contributed by atoms with Crippen molar-refractivity contribution < 1.29 is 9.59 Å². The Kier molecular flexibility index (Phi) is 2.33. The summed E-state index contributed by atoms with van der Waals surface area (Å²) in [6, 6.07) is 6.68. The van der Waals surface area contributed by atoms with Crippen LogP contribution in [0.3, 0.4) is 0 Å². The molecule has 2 heterocycles. The highest BCUT2D eigenvalue weighted by molar-refractivity contribution is 6.21. The van der Waals surface area contributed by atoms with Gasteiger partial charge in [-0.05, 0) is 12.1 Å². The molecule has 0 aliphatic carbocycles. The maximum absolute atomic E-state index is 12.0. The number of aromatic nitrogens is 3. The van der Waals surface area contributed by atoms with Crippen LogP contribution < -0.4 is 0 Å². The molecule has 1 radical (unpaired) electrons. The molecule has 6 heteroatoms. The van der Waals surface area contributed by atoms with Gasteiger partial charge in [0, 0.05) is 0 Å². The van der Waals surface area contributed by atoms with Crippen molar-refractivity contribution in [3.63, 3.8) is 0 Å². The fourth-order valence-electron chi connectivity index (χ4n) is 1.76. The molecule has 6 nitrogen and oxygen atoms in total. The molecule has 0 unspecified atom stereocenters. The van der Waals surface area contributed by atoms with Crippen LogP contribution in [0.4, 0.5) is 0 Å². The Bertz CT molecular complexity index is 592. The van der Waals surface area contributed by atoms with Gasteiger partial charge in [-0.25, -0.2) is 15.0 Å². The molecule has 2 aromatic rings. The summed E-state index contributed by atoms with van der Waals surface area (Å²) in [6.07, 6.45) is 2.61. The molecule has 3 rings (SSSR count). The van der Waals surface area contributed by atoms with E-state index in [1.165, 1.54) is 19.2 Å². The van der Waals surface area contributed by atoms with Crippen LogP contribution in [0.25, 0.3) is 0 Å². The largest absolute Gasteiger partial charge is 0.269 e. The van der Waals surface area contributed by atoms with Gasteiger partial charge in [-0.2, -0.15) is 0 Å². The van der Waals surface area contributed by atoms with Gasteiger partial charge in [0.1, 0.15) is 19.2 Å². The van der Waals surface area contributed by atoms with E-state index in [2.05, 4.69) is 15.0 Å². The minimum absolute atomic E-state index is 0.263. The van der Waals surface area contributed by atoms with Crippen LogP contribution in [-0.4, -0.2) is 31.7 Å². The van der Waals surface area contributed by atoms with E-state index in [9.17, 15) is 9.59 Å². The molecule has 2 amide bonds. The number of fused-ring (bicyclic) bond motifs is 1. The Morgan fingerprint density at radius 1 is 0.944 bits per heavy atom. The van der Waals surface area contributed by atoms with Crippen molar-refractivity contribution in [2.45, 2.75) is 0 Å². The fourth-order valence-corrected chi connectivity index (χ4v) is 1.76. The van der Waals surface area contributed by atoms with Crippen LogP contribution in [0, 0.1) is 6.54 Å². The zero-order valence-corrected chi connectivity index (χ0v) is 9.15. The Labute approximate surface area is 102 Å². The van der Waals surface area contributed by atoms with Crippen LogP contribution >= 0.6 is 0 Å². The molecule has 1 aromatic carbocycles. The number of hydrogen-bond acceptors (Lipinski definition) is 5. The van der Waals surface area contributed by atoms with Gasteiger partial charge < -0.3 is 0 Å². The second-order valence-corrected chi connectivity index (χ2v) is 3.65. The number of nitrogens with zero attached hydrogens (tertiary/aromatic N) is 4. The predicted octanol–water partition coefficient (Wildman–Crippen LogP) is 0.678. The topological polar surface area (TPSA) is 76.1 Å². The van der Waals surface area contributed by atoms with Gasteiger partial charge in [0.25, 0.3) is 11.8 Å². The zero-order valence-electron chi connectivity index (χ0n) is 9.15. The van der Waals surface area contributed by atoms with Crippen LogP contribution in [0.5, 0.6) is 0 Å². The van der Waals surface area contributed by atoms with Crippen molar-refractivity contribution in [3.05, 3.63) is 60.4 Å². The number of carbonyl (C=O) groups excluding carboxylic acids is 2. The van der Waals surface area contributed by atoms with Crippen LogP contribution in [0.2, 0.25) is 0 Å². The van der Waals surface area contributed by atoms with Crippen molar-refractivity contribution in [1.82, 2.24) is 19.9 Å². The Morgan fingerprint density at radius 3 is 2.06 bits per heavy atom. The third-order valence-corrected chi connectivity index (χ3v) is 2.58. The summed E-state index contributed by atoms with van der Waals surface area (Å²) < 4.78 is 0. The summed E-state index contributed by atoms with van der Waals surface area (Å²) in [6.45, 7) is 1.31.